The van der Waals surface area contributed by atoms with Gasteiger partial charge in [-0.15, -0.1) is 11.3 Å². The van der Waals surface area contributed by atoms with Gasteiger partial charge in [0, 0.05) is 48.9 Å². The van der Waals surface area contributed by atoms with Crippen molar-refractivity contribution in [1.82, 2.24) is 14.8 Å². The largest absolute Gasteiger partial charge is 0.450 e. The van der Waals surface area contributed by atoms with Gasteiger partial charge in [-0.2, -0.15) is 0 Å². The molecule has 1 aliphatic heterocycles. The Labute approximate surface area is 177 Å². The van der Waals surface area contributed by atoms with Crippen molar-refractivity contribution in [2.24, 2.45) is 0 Å². The standard InChI is InChI=1S/C21H21ClFN3O2S/c1-2-28-21(27)26-8-6-25(7-9-26)12-15-11-17-20(24-13-29-17)18(19(15)23)14-4-3-5-16(22)10-14/h3-5,10-11,13H,2,6-9,12H2,1H3. The lowest BCUT2D eigenvalue weighted by Crippen LogP contribution is -2.48. The van der Waals surface area contributed by atoms with Crippen LogP contribution in [0.5, 0.6) is 0 Å². The molecule has 5 nitrogen and oxygen atoms in total. The Morgan fingerprint density at radius 3 is 2.79 bits per heavy atom. The van der Waals surface area contributed by atoms with Crippen LogP contribution in [-0.2, 0) is 11.3 Å². The second kappa shape index (κ2) is 8.65. The summed E-state index contributed by atoms with van der Waals surface area (Å²) in [6.45, 7) is 5.13. The van der Waals surface area contributed by atoms with Gasteiger partial charge in [0.05, 0.1) is 22.3 Å². The van der Waals surface area contributed by atoms with Gasteiger partial charge in [0.2, 0.25) is 0 Å². The van der Waals surface area contributed by atoms with E-state index >= 15 is 4.39 Å². The second-order valence-electron chi connectivity index (χ2n) is 6.90. The molecule has 0 spiro atoms. The molecule has 0 unspecified atom stereocenters. The summed E-state index contributed by atoms with van der Waals surface area (Å²) in [5.74, 6) is -0.265. The third-order valence-corrected chi connectivity index (χ3v) is 6.06. The molecule has 1 aliphatic rings. The maximum Gasteiger partial charge on any atom is 0.409 e. The number of fused-ring (bicyclic) bond motifs is 1. The third-order valence-electron chi connectivity index (χ3n) is 5.04. The van der Waals surface area contributed by atoms with Gasteiger partial charge >= 0.3 is 6.09 Å². The van der Waals surface area contributed by atoms with Crippen LogP contribution in [0.3, 0.4) is 0 Å². The lowest BCUT2D eigenvalue weighted by molar-refractivity contribution is 0.0775. The van der Waals surface area contributed by atoms with Crippen LogP contribution in [0.25, 0.3) is 21.3 Å². The molecule has 4 rings (SSSR count). The van der Waals surface area contributed by atoms with E-state index < -0.39 is 0 Å². The molecule has 1 fully saturated rings. The normalized spacial score (nSPS) is 15.1. The van der Waals surface area contributed by atoms with Crippen LogP contribution >= 0.6 is 22.9 Å². The fraction of sp³-hybridized carbons (Fsp3) is 0.333. The number of hydrogen-bond acceptors (Lipinski definition) is 5. The van der Waals surface area contributed by atoms with Crippen LogP contribution in [0.4, 0.5) is 9.18 Å². The summed E-state index contributed by atoms with van der Waals surface area (Å²) in [6, 6.07) is 9.09. The minimum Gasteiger partial charge on any atom is -0.450 e. The summed E-state index contributed by atoms with van der Waals surface area (Å²) in [7, 11) is 0. The predicted octanol–water partition coefficient (Wildman–Crippen LogP) is 5.03. The molecule has 0 saturated carbocycles. The summed E-state index contributed by atoms with van der Waals surface area (Å²) in [5.41, 5.74) is 4.23. The lowest BCUT2D eigenvalue weighted by Gasteiger charge is -2.34. The molecule has 29 heavy (non-hydrogen) atoms. The Hall–Kier alpha value is -2.22. The quantitative estimate of drug-likeness (QED) is 0.579. The Kier molecular flexibility index (Phi) is 5.99. The molecule has 8 heteroatoms. The number of carbonyl (C=O) groups is 1. The van der Waals surface area contributed by atoms with Crippen LogP contribution in [0.15, 0.2) is 35.8 Å². The van der Waals surface area contributed by atoms with Gasteiger partial charge in [-0.3, -0.25) is 4.90 Å². The molecule has 0 aliphatic carbocycles. The molecule has 1 amide bonds. The van der Waals surface area contributed by atoms with Gasteiger partial charge in [-0.1, -0.05) is 23.7 Å². The average molecular weight is 434 g/mol. The number of ether oxygens (including phenoxy) is 1. The lowest BCUT2D eigenvalue weighted by atomic mass is 10.00. The highest BCUT2D eigenvalue weighted by molar-refractivity contribution is 7.16. The van der Waals surface area contributed by atoms with Gasteiger partial charge in [-0.05, 0) is 30.7 Å². The molecular weight excluding hydrogens is 413 g/mol. The van der Waals surface area contributed by atoms with E-state index in [1.165, 1.54) is 11.3 Å². The number of halogens is 2. The fourth-order valence-electron chi connectivity index (χ4n) is 3.60. The van der Waals surface area contributed by atoms with Crippen molar-refractivity contribution in [3.63, 3.8) is 0 Å². The predicted molar refractivity (Wildman–Crippen MR) is 114 cm³/mol. The van der Waals surface area contributed by atoms with Crippen LogP contribution in [0, 0.1) is 5.82 Å². The van der Waals surface area contributed by atoms with Gasteiger partial charge < -0.3 is 9.64 Å². The molecule has 3 aromatic rings. The average Bonchev–Trinajstić information content (AvgIpc) is 3.17. The molecule has 0 atom stereocenters. The Bertz CT molecular complexity index is 1030. The van der Waals surface area contributed by atoms with Crippen molar-refractivity contribution in [3.05, 3.63) is 52.2 Å². The number of rotatable bonds is 4. The Morgan fingerprint density at radius 2 is 2.07 bits per heavy atom. The molecule has 152 valence electrons. The zero-order valence-electron chi connectivity index (χ0n) is 16.0. The first-order chi connectivity index (χ1) is 14.1. The highest BCUT2D eigenvalue weighted by Gasteiger charge is 2.24. The SMILES string of the molecule is CCOC(=O)N1CCN(Cc2cc3scnc3c(-c3cccc(Cl)c3)c2F)CC1. The maximum atomic E-state index is 15.6. The van der Waals surface area contributed by atoms with Gasteiger partial charge in [0.25, 0.3) is 0 Å². The van der Waals surface area contributed by atoms with E-state index in [0.717, 1.165) is 10.3 Å². The number of carbonyl (C=O) groups excluding carboxylic acids is 1. The van der Waals surface area contributed by atoms with Gasteiger partial charge in [-0.25, -0.2) is 14.2 Å². The van der Waals surface area contributed by atoms with Crippen molar-refractivity contribution in [1.29, 1.82) is 0 Å². The number of piperazine rings is 1. The number of aromatic nitrogens is 1. The topological polar surface area (TPSA) is 45.7 Å². The number of amides is 1. The highest BCUT2D eigenvalue weighted by atomic mass is 35.5. The summed E-state index contributed by atoms with van der Waals surface area (Å²) in [4.78, 5) is 20.1. The van der Waals surface area contributed by atoms with Crippen molar-refractivity contribution in [2.45, 2.75) is 13.5 Å². The molecular formula is C21H21ClFN3O2S. The van der Waals surface area contributed by atoms with Crippen molar-refractivity contribution >= 4 is 39.2 Å². The molecule has 2 heterocycles. The second-order valence-corrected chi connectivity index (χ2v) is 8.22. The summed E-state index contributed by atoms with van der Waals surface area (Å²) >= 11 is 7.63. The van der Waals surface area contributed by atoms with Gasteiger partial charge in [0.1, 0.15) is 5.82 Å². The molecule has 0 bridgehead atoms. The highest BCUT2D eigenvalue weighted by Crippen LogP contribution is 2.36. The smallest absolute Gasteiger partial charge is 0.409 e. The van der Waals surface area contributed by atoms with E-state index in [4.69, 9.17) is 16.3 Å². The summed E-state index contributed by atoms with van der Waals surface area (Å²) < 4.78 is 21.6. The van der Waals surface area contributed by atoms with E-state index in [1.54, 1.807) is 29.5 Å². The monoisotopic (exact) mass is 433 g/mol. The van der Waals surface area contributed by atoms with Crippen molar-refractivity contribution in [3.8, 4) is 11.1 Å². The van der Waals surface area contributed by atoms with Crippen LogP contribution in [-0.4, -0.2) is 53.7 Å². The molecule has 0 radical (unpaired) electrons. The van der Waals surface area contributed by atoms with E-state index in [2.05, 4.69) is 9.88 Å². The number of thiazole rings is 1. The zero-order chi connectivity index (χ0) is 20.4. The zero-order valence-corrected chi connectivity index (χ0v) is 17.6. The van der Waals surface area contributed by atoms with Crippen LogP contribution in [0.2, 0.25) is 5.02 Å². The van der Waals surface area contributed by atoms with Gasteiger partial charge in [0.15, 0.2) is 0 Å². The van der Waals surface area contributed by atoms with E-state index in [9.17, 15) is 4.79 Å². The molecule has 2 aromatic carbocycles. The number of nitrogens with zero attached hydrogens (tertiary/aromatic N) is 3. The first-order valence-electron chi connectivity index (χ1n) is 9.51. The first kappa shape index (κ1) is 20.1. The van der Waals surface area contributed by atoms with E-state index in [0.29, 0.717) is 61.0 Å². The molecule has 1 saturated heterocycles. The fourth-order valence-corrected chi connectivity index (χ4v) is 4.54. The minimum absolute atomic E-state index is 0.265. The third kappa shape index (κ3) is 4.22. The van der Waals surface area contributed by atoms with Crippen LogP contribution < -0.4 is 0 Å². The Balaban J connectivity index is 1.59. The van der Waals surface area contributed by atoms with E-state index in [-0.39, 0.29) is 11.9 Å². The van der Waals surface area contributed by atoms with Crippen LogP contribution in [0.1, 0.15) is 12.5 Å². The number of hydrogen-bond donors (Lipinski definition) is 0. The Morgan fingerprint density at radius 1 is 1.28 bits per heavy atom. The summed E-state index contributed by atoms with van der Waals surface area (Å²) in [6.07, 6.45) is -0.285. The first-order valence-corrected chi connectivity index (χ1v) is 10.8. The summed E-state index contributed by atoms with van der Waals surface area (Å²) in [5, 5.41) is 0.561. The van der Waals surface area contributed by atoms with Crippen molar-refractivity contribution < 1.29 is 13.9 Å². The number of benzene rings is 2. The molecule has 0 N–H and O–H groups in total. The maximum absolute atomic E-state index is 15.6. The van der Waals surface area contributed by atoms with Crippen molar-refractivity contribution in [2.75, 3.05) is 32.8 Å². The van der Waals surface area contributed by atoms with E-state index in [1.807, 2.05) is 18.2 Å². The minimum atomic E-state index is -0.285. The molecule has 1 aromatic heterocycles.